The van der Waals surface area contributed by atoms with Crippen molar-refractivity contribution >= 4 is 5.97 Å². The number of rotatable bonds is 11. The lowest BCUT2D eigenvalue weighted by Gasteiger charge is -2.32. The molecule has 1 aliphatic rings. The van der Waals surface area contributed by atoms with E-state index in [9.17, 15) is 4.79 Å². The van der Waals surface area contributed by atoms with E-state index in [1.807, 2.05) is 25.1 Å². The van der Waals surface area contributed by atoms with Gasteiger partial charge < -0.3 is 14.9 Å². The van der Waals surface area contributed by atoms with Gasteiger partial charge in [0.15, 0.2) is 5.82 Å². The van der Waals surface area contributed by atoms with Gasteiger partial charge in [0, 0.05) is 18.0 Å². The molecule has 172 valence electrons. The second-order valence-corrected chi connectivity index (χ2v) is 9.44. The molecule has 2 N–H and O–H groups in total. The molecule has 1 atom stereocenters. The van der Waals surface area contributed by atoms with Gasteiger partial charge in [0.2, 0.25) is 0 Å². The van der Waals surface area contributed by atoms with Crippen LogP contribution in [0.15, 0.2) is 52.6 Å². The van der Waals surface area contributed by atoms with Crippen molar-refractivity contribution < 1.29 is 14.4 Å². The Hall–Kier alpha value is -2.73. The van der Waals surface area contributed by atoms with Crippen LogP contribution in [0.4, 0.5) is 0 Å². The van der Waals surface area contributed by atoms with Crippen molar-refractivity contribution in [3.8, 4) is 11.5 Å². The third-order valence-electron chi connectivity index (χ3n) is 5.90. The summed E-state index contributed by atoms with van der Waals surface area (Å²) in [5, 5.41) is 16.5. The van der Waals surface area contributed by atoms with Crippen molar-refractivity contribution in [1.82, 2.24) is 15.5 Å². The second-order valence-electron chi connectivity index (χ2n) is 9.44. The third-order valence-corrected chi connectivity index (χ3v) is 5.90. The SMILES string of the molecule is C/C(=C\C=C/C(C)c1noc(-c2ccc(CC(C)C)cc2)n1)CNCC1CC(C(=O)O)C1. The van der Waals surface area contributed by atoms with Gasteiger partial charge in [-0.25, -0.2) is 0 Å². The molecule has 1 aromatic heterocycles. The third kappa shape index (κ3) is 6.89. The molecular formula is C26H35N3O3. The van der Waals surface area contributed by atoms with Gasteiger partial charge in [-0.1, -0.05) is 61.9 Å². The summed E-state index contributed by atoms with van der Waals surface area (Å²) >= 11 is 0. The van der Waals surface area contributed by atoms with Crippen LogP contribution in [0.2, 0.25) is 0 Å². The number of carbonyl (C=O) groups is 1. The van der Waals surface area contributed by atoms with E-state index in [-0.39, 0.29) is 11.8 Å². The highest BCUT2D eigenvalue weighted by Crippen LogP contribution is 2.33. The molecule has 6 nitrogen and oxygen atoms in total. The number of hydrogen-bond donors (Lipinski definition) is 2. The average Bonchev–Trinajstić information content (AvgIpc) is 3.19. The van der Waals surface area contributed by atoms with Crippen LogP contribution in [-0.2, 0) is 11.2 Å². The molecule has 0 amide bonds. The van der Waals surface area contributed by atoms with Gasteiger partial charge in [-0.05, 0) is 62.3 Å². The van der Waals surface area contributed by atoms with Crippen LogP contribution >= 0.6 is 0 Å². The lowest BCUT2D eigenvalue weighted by atomic mass is 9.75. The van der Waals surface area contributed by atoms with Crippen molar-refractivity contribution in [1.29, 1.82) is 0 Å². The number of aliphatic carboxylic acids is 1. The number of aromatic nitrogens is 2. The molecule has 1 aromatic carbocycles. The van der Waals surface area contributed by atoms with E-state index in [2.05, 4.69) is 60.5 Å². The van der Waals surface area contributed by atoms with E-state index in [0.29, 0.717) is 23.6 Å². The van der Waals surface area contributed by atoms with E-state index in [1.165, 1.54) is 11.1 Å². The number of allylic oxidation sites excluding steroid dienone is 3. The first kappa shape index (κ1) is 23.9. The Kier molecular flexibility index (Phi) is 8.39. The predicted octanol–water partition coefficient (Wildman–Crippen LogP) is 5.24. The van der Waals surface area contributed by atoms with Gasteiger partial charge in [-0.2, -0.15) is 4.98 Å². The number of benzene rings is 1. The first-order valence-electron chi connectivity index (χ1n) is 11.5. The fraction of sp³-hybridized carbons (Fsp3) is 0.500. The summed E-state index contributed by atoms with van der Waals surface area (Å²) in [5.74, 6) is 1.58. The summed E-state index contributed by atoms with van der Waals surface area (Å²) in [6.07, 6.45) is 8.81. The Bertz CT molecular complexity index is 937. The fourth-order valence-corrected chi connectivity index (χ4v) is 3.90. The first-order chi connectivity index (χ1) is 15.3. The second kappa shape index (κ2) is 11.2. The Labute approximate surface area is 190 Å². The summed E-state index contributed by atoms with van der Waals surface area (Å²) < 4.78 is 5.48. The molecule has 3 rings (SSSR count). The summed E-state index contributed by atoms with van der Waals surface area (Å²) in [4.78, 5) is 15.4. The van der Waals surface area contributed by atoms with Crippen LogP contribution in [0.5, 0.6) is 0 Å². The molecule has 1 fully saturated rings. The van der Waals surface area contributed by atoms with Crippen molar-refractivity contribution in [3.63, 3.8) is 0 Å². The van der Waals surface area contributed by atoms with Crippen molar-refractivity contribution in [2.75, 3.05) is 13.1 Å². The van der Waals surface area contributed by atoms with Crippen molar-refractivity contribution in [2.24, 2.45) is 17.8 Å². The maximum Gasteiger partial charge on any atom is 0.306 e. The smallest absolute Gasteiger partial charge is 0.306 e. The van der Waals surface area contributed by atoms with E-state index in [0.717, 1.165) is 37.9 Å². The quantitative estimate of drug-likeness (QED) is 0.467. The van der Waals surface area contributed by atoms with Gasteiger partial charge in [0.25, 0.3) is 5.89 Å². The normalized spacial score (nSPS) is 20.0. The zero-order chi connectivity index (χ0) is 23.1. The Morgan fingerprint density at radius 2 is 1.97 bits per heavy atom. The molecule has 0 aliphatic heterocycles. The topological polar surface area (TPSA) is 88.3 Å². The van der Waals surface area contributed by atoms with Crippen LogP contribution < -0.4 is 5.32 Å². The molecule has 32 heavy (non-hydrogen) atoms. The predicted molar refractivity (Wildman–Crippen MR) is 126 cm³/mol. The van der Waals surface area contributed by atoms with Gasteiger partial charge in [0.05, 0.1) is 5.92 Å². The van der Waals surface area contributed by atoms with Gasteiger partial charge in [-0.3, -0.25) is 4.79 Å². The zero-order valence-corrected chi connectivity index (χ0v) is 19.5. The molecule has 0 bridgehead atoms. The maximum absolute atomic E-state index is 10.9. The number of nitrogens with one attached hydrogen (secondary N) is 1. The number of nitrogens with zero attached hydrogens (tertiary/aromatic N) is 2. The van der Waals surface area contributed by atoms with Crippen LogP contribution in [0.25, 0.3) is 11.5 Å². The molecule has 0 saturated heterocycles. The molecule has 0 spiro atoms. The number of carboxylic acid groups (broad SMARTS) is 1. The number of hydrogen-bond acceptors (Lipinski definition) is 5. The lowest BCUT2D eigenvalue weighted by Crippen LogP contribution is -2.37. The molecule has 0 radical (unpaired) electrons. The summed E-state index contributed by atoms with van der Waals surface area (Å²) in [7, 11) is 0. The average molecular weight is 438 g/mol. The van der Waals surface area contributed by atoms with E-state index in [4.69, 9.17) is 9.63 Å². The summed E-state index contributed by atoms with van der Waals surface area (Å²) in [5.41, 5.74) is 3.47. The van der Waals surface area contributed by atoms with Crippen LogP contribution in [0.3, 0.4) is 0 Å². The highest BCUT2D eigenvalue weighted by atomic mass is 16.5. The minimum absolute atomic E-state index is 0.0488. The van der Waals surface area contributed by atoms with Crippen LogP contribution in [-0.4, -0.2) is 34.3 Å². The monoisotopic (exact) mass is 437 g/mol. The summed E-state index contributed by atoms with van der Waals surface area (Å²) in [6, 6.07) is 8.33. The lowest BCUT2D eigenvalue weighted by molar-refractivity contribution is -0.146. The van der Waals surface area contributed by atoms with Gasteiger partial charge in [-0.15, -0.1) is 0 Å². The van der Waals surface area contributed by atoms with Gasteiger partial charge in [0.1, 0.15) is 0 Å². The Morgan fingerprint density at radius 3 is 2.62 bits per heavy atom. The first-order valence-corrected chi connectivity index (χ1v) is 11.5. The van der Waals surface area contributed by atoms with Crippen molar-refractivity contribution in [3.05, 3.63) is 59.5 Å². The number of carboxylic acids is 1. The minimum atomic E-state index is -0.662. The van der Waals surface area contributed by atoms with Crippen LogP contribution in [0, 0.1) is 17.8 Å². The van der Waals surface area contributed by atoms with Gasteiger partial charge >= 0.3 is 5.97 Å². The van der Waals surface area contributed by atoms with Crippen LogP contribution in [0.1, 0.15) is 57.8 Å². The molecule has 2 aromatic rings. The molecule has 1 aliphatic carbocycles. The zero-order valence-electron chi connectivity index (χ0n) is 19.5. The van der Waals surface area contributed by atoms with Crippen molar-refractivity contribution in [2.45, 2.75) is 52.9 Å². The molecule has 1 heterocycles. The molecular weight excluding hydrogens is 402 g/mol. The Balaban J connectivity index is 1.44. The highest BCUT2D eigenvalue weighted by molar-refractivity contribution is 5.71. The molecule has 1 saturated carbocycles. The molecule has 1 unspecified atom stereocenters. The summed E-state index contributed by atoms with van der Waals surface area (Å²) in [6.45, 7) is 10.2. The van der Waals surface area contributed by atoms with E-state index >= 15 is 0 Å². The largest absolute Gasteiger partial charge is 0.481 e. The minimum Gasteiger partial charge on any atom is -0.481 e. The Morgan fingerprint density at radius 1 is 1.25 bits per heavy atom. The highest BCUT2D eigenvalue weighted by Gasteiger charge is 2.33. The molecule has 6 heteroatoms. The maximum atomic E-state index is 10.9. The van der Waals surface area contributed by atoms with E-state index < -0.39 is 5.97 Å². The van der Waals surface area contributed by atoms with E-state index in [1.54, 1.807) is 0 Å². The standard InChI is InChI=1S/C26H35N3O3/c1-17(2)12-20-8-10-22(11-9-20)25-28-24(29-32-25)19(4)7-5-6-18(3)15-27-16-21-13-23(14-21)26(30)31/h5-11,17,19,21,23,27H,12-16H2,1-4H3,(H,30,31)/b7-5-,18-6+. The fourth-order valence-electron chi connectivity index (χ4n) is 3.90.